The molecule has 3 rings (SSSR count). The Hall–Kier alpha value is -3.85. The molecule has 1 atom stereocenters. The molecule has 3 aromatic carbocycles. The maximum absolute atomic E-state index is 14.0. The molecule has 2 amide bonds. The lowest BCUT2D eigenvalue weighted by Gasteiger charge is -2.33. The molecule has 0 aromatic heterocycles. The van der Waals surface area contributed by atoms with Crippen LogP contribution in [0.1, 0.15) is 38.3 Å². The Morgan fingerprint density at radius 1 is 0.925 bits per heavy atom. The Morgan fingerprint density at radius 2 is 1.55 bits per heavy atom. The van der Waals surface area contributed by atoms with Crippen molar-refractivity contribution < 1.29 is 22.7 Å². The second-order valence-corrected chi connectivity index (χ2v) is 12.0. The van der Waals surface area contributed by atoms with Crippen LogP contribution >= 0.6 is 0 Å². The maximum atomic E-state index is 14.0. The molecule has 0 aliphatic carbocycles. The van der Waals surface area contributed by atoms with Crippen LogP contribution in [0, 0.1) is 12.8 Å². The number of benzene rings is 3. The molecule has 0 saturated carbocycles. The van der Waals surface area contributed by atoms with Crippen LogP contribution in [0.2, 0.25) is 0 Å². The third-order valence-electron chi connectivity index (χ3n) is 6.51. The molecule has 0 aliphatic rings. The topological polar surface area (TPSA) is 96.0 Å². The summed E-state index contributed by atoms with van der Waals surface area (Å²) in [6, 6.07) is 21.5. The molecule has 9 heteroatoms. The number of hydrogen-bond acceptors (Lipinski definition) is 5. The molecule has 0 radical (unpaired) electrons. The van der Waals surface area contributed by atoms with Crippen LogP contribution in [0.3, 0.4) is 0 Å². The van der Waals surface area contributed by atoms with Gasteiger partial charge in [0.15, 0.2) is 0 Å². The number of rotatable bonds is 13. The van der Waals surface area contributed by atoms with Crippen molar-refractivity contribution in [2.75, 3.05) is 24.5 Å². The first-order valence-electron chi connectivity index (χ1n) is 13.4. The van der Waals surface area contributed by atoms with Gasteiger partial charge in [0, 0.05) is 13.1 Å². The number of ether oxygens (including phenoxy) is 1. The van der Waals surface area contributed by atoms with Gasteiger partial charge in [-0.2, -0.15) is 0 Å². The molecule has 0 heterocycles. The molecular formula is C31H39N3O5S. The van der Waals surface area contributed by atoms with E-state index >= 15 is 0 Å². The third-order valence-corrected chi connectivity index (χ3v) is 8.30. The number of nitrogens with zero attached hydrogens (tertiary/aromatic N) is 2. The summed E-state index contributed by atoms with van der Waals surface area (Å²) in [5.74, 6) is 0.0173. The Morgan fingerprint density at radius 3 is 2.10 bits per heavy atom. The molecule has 0 spiro atoms. The first-order valence-corrected chi connectivity index (χ1v) is 14.8. The predicted octanol–water partition coefficient (Wildman–Crippen LogP) is 4.78. The van der Waals surface area contributed by atoms with Gasteiger partial charge in [-0.05, 0) is 61.2 Å². The predicted molar refractivity (Wildman–Crippen MR) is 158 cm³/mol. The minimum Gasteiger partial charge on any atom is -0.497 e. The zero-order valence-electron chi connectivity index (χ0n) is 23.8. The van der Waals surface area contributed by atoms with E-state index in [2.05, 4.69) is 5.32 Å². The van der Waals surface area contributed by atoms with Gasteiger partial charge in [0.25, 0.3) is 10.0 Å². The lowest BCUT2D eigenvalue weighted by atomic mass is 10.1. The summed E-state index contributed by atoms with van der Waals surface area (Å²) in [4.78, 5) is 28.8. The molecule has 0 bridgehead atoms. The van der Waals surface area contributed by atoms with E-state index in [1.165, 1.54) is 24.1 Å². The SMILES string of the molecule is CC[C@H](C(=O)NCC(C)C)N(Cc1ccc(C)cc1)C(=O)CN(c1ccccc1)S(=O)(=O)c1ccc(OC)cc1. The number of carbonyl (C=O) groups excluding carboxylic acids is 2. The van der Waals surface area contributed by atoms with Crippen molar-refractivity contribution in [3.8, 4) is 5.75 Å². The lowest BCUT2D eigenvalue weighted by molar-refractivity contribution is -0.140. The number of carbonyl (C=O) groups is 2. The van der Waals surface area contributed by atoms with Crippen LogP contribution < -0.4 is 14.4 Å². The number of anilines is 1. The van der Waals surface area contributed by atoms with E-state index in [9.17, 15) is 18.0 Å². The summed E-state index contributed by atoms with van der Waals surface area (Å²) in [6.45, 7) is 7.98. The van der Waals surface area contributed by atoms with Crippen LogP contribution in [0.4, 0.5) is 5.69 Å². The van der Waals surface area contributed by atoms with E-state index < -0.39 is 28.5 Å². The number of amides is 2. The first kappa shape index (κ1) is 30.7. The second kappa shape index (κ2) is 14.0. The van der Waals surface area contributed by atoms with Gasteiger partial charge >= 0.3 is 0 Å². The van der Waals surface area contributed by atoms with E-state index in [1.54, 1.807) is 42.5 Å². The van der Waals surface area contributed by atoms with Crippen molar-refractivity contribution >= 4 is 27.5 Å². The van der Waals surface area contributed by atoms with Gasteiger partial charge in [-0.15, -0.1) is 0 Å². The fourth-order valence-electron chi connectivity index (χ4n) is 4.23. The number of sulfonamides is 1. The standard InChI is InChI=1S/C31H39N3O5S/c1-6-29(31(36)32-20-23(2)3)33(21-25-14-12-24(4)13-15-25)30(35)22-34(26-10-8-7-9-11-26)40(37,38)28-18-16-27(39-5)17-19-28/h7-19,23,29H,6,20-22H2,1-5H3,(H,32,36)/t29-/m1/s1. The number of methoxy groups -OCH3 is 1. The van der Waals surface area contributed by atoms with Gasteiger partial charge in [-0.25, -0.2) is 8.42 Å². The van der Waals surface area contributed by atoms with Crippen LogP contribution in [0.25, 0.3) is 0 Å². The highest BCUT2D eigenvalue weighted by Gasteiger charge is 2.33. The van der Waals surface area contributed by atoms with Gasteiger partial charge < -0.3 is 15.0 Å². The smallest absolute Gasteiger partial charge is 0.264 e. The van der Waals surface area contributed by atoms with Gasteiger partial charge in [-0.3, -0.25) is 13.9 Å². The van der Waals surface area contributed by atoms with Crippen LogP contribution in [0.5, 0.6) is 5.75 Å². The van der Waals surface area contributed by atoms with Crippen molar-refractivity contribution in [2.45, 2.75) is 51.6 Å². The van der Waals surface area contributed by atoms with E-state index in [-0.39, 0.29) is 23.3 Å². The van der Waals surface area contributed by atoms with E-state index in [1.807, 2.05) is 52.0 Å². The molecule has 0 aliphatic heterocycles. The fourth-order valence-corrected chi connectivity index (χ4v) is 5.64. The van der Waals surface area contributed by atoms with Crippen LogP contribution in [-0.4, -0.2) is 51.4 Å². The van der Waals surface area contributed by atoms with Gasteiger partial charge in [0.1, 0.15) is 18.3 Å². The van der Waals surface area contributed by atoms with Crippen LogP contribution in [-0.2, 0) is 26.2 Å². The largest absolute Gasteiger partial charge is 0.497 e. The zero-order valence-corrected chi connectivity index (χ0v) is 24.6. The Kier molecular flexibility index (Phi) is 10.7. The zero-order chi connectivity index (χ0) is 29.3. The average Bonchev–Trinajstić information content (AvgIpc) is 2.95. The molecule has 40 heavy (non-hydrogen) atoms. The highest BCUT2D eigenvalue weighted by molar-refractivity contribution is 7.92. The monoisotopic (exact) mass is 565 g/mol. The molecule has 0 fully saturated rings. The number of aryl methyl sites for hydroxylation is 1. The lowest BCUT2D eigenvalue weighted by Crippen LogP contribution is -2.52. The molecule has 1 N–H and O–H groups in total. The average molecular weight is 566 g/mol. The minimum atomic E-state index is -4.13. The van der Waals surface area contributed by atoms with E-state index in [0.29, 0.717) is 24.4 Å². The van der Waals surface area contributed by atoms with Crippen molar-refractivity contribution in [2.24, 2.45) is 5.92 Å². The van der Waals surface area contributed by atoms with Crippen molar-refractivity contribution in [3.05, 3.63) is 90.0 Å². The summed E-state index contributed by atoms with van der Waals surface area (Å²) >= 11 is 0. The molecular weight excluding hydrogens is 526 g/mol. The Labute approximate surface area is 238 Å². The molecule has 214 valence electrons. The highest BCUT2D eigenvalue weighted by atomic mass is 32.2. The number of para-hydroxylation sites is 1. The van der Waals surface area contributed by atoms with Crippen LogP contribution in [0.15, 0.2) is 83.8 Å². The summed E-state index contributed by atoms with van der Waals surface area (Å²) in [5.41, 5.74) is 2.27. The number of hydrogen-bond donors (Lipinski definition) is 1. The van der Waals surface area contributed by atoms with Gasteiger partial charge in [0.2, 0.25) is 11.8 Å². The van der Waals surface area contributed by atoms with Crippen molar-refractivity contribution in [3.63, 3.8) is 0 Å². The summed E-state index contributed by atoms with van der Waals surface area (Å²) in [5, 5.41) is 2.94. The minimum absolute atomic E-state index is 0.0248. The van der Waals surface area contributed by atoms with Gasteiger partial charge in [0.05, 0.1) is 17.7 Å². The molecule has 3 aromatic rings. The van der Waals surface area contributed by atoms with Gasteiger partial charge in [-0.1, -0.05) is 68.8 Å². The van der Waals surface area contributed by atoms with Crippen molar-refractivity contribution in [1.82, 2.24) is 10.2 Å². The summed E-state index contributed by atoms with van der Waals surface area (Å²) in [7, 11) is -2.63. The van der Waals surface area contributed by atoms with E-state index in [4.69, 9.17) is 4.74 Å². The fraction of sp³-hybridized carbons (Fsp3) is 0.355. The maximum Gasteiger partial charge on any atom is 0.264 e. The first-order chi connectivity index (χ1) is 19.1. The third kappa shape index (κ3) is 7.85. The normalized spacial score (nSPS) is 12.1. The second-order valence-electron chi connectivity index (χ2n) is 10.1. The number of nitrogens with one attached hydrogen (secondary N) is 1. The highest BCUT2D eigenvalue weighted by Crippen LogP contribution is 2.26. The molecule has 8 nitrogen and oxygen atoms in total. The Bertz CT molecular complexity index is 1360. The van der Waals surface area contributed by atoms with E-state index in [0.717, 1.165) is 15.4 Å². The summed E-state index contributed by atoms with van der Waals surface area (Å²) in [6.07, 6.45) is 0.373. The molecule has 0 unspecified atom stereocenters. The molecule has 0 saturated heterocycles. The summed E-state index contributed by atoms with van der Waals surface area (Å²) < 4.78 is 34.0. The Balaban J connectivity index is 2.01. The van der Waals surface area contributed by atoms with Crippen molar-refractivity contribution in [1.29, 1.82) is 0 Å². The quantitative estimate of drug-likeness (QED) is 0.322.